The molecule has 0 saturated carbocycles. The van der Waals surface area contributed by atoms with E-state index in [4.69, 9.17) is 0 Å². The minimum absolute atomic E-state index is 0.489. The first kappa shape index (κ1) is 11.8. The van der Waals surface area contributed by atoms with Gasteiger partial charge < -0.3 is 10.2 Å². The standard InChI is InChI=1S/C15H16O2/c1-11-5-3-7-13(9-11)15(16,17)14-8-4-6-12(2)10-14/h3-10,16-17H,1-2H3. The Hall–Kier alpha value is -1.64. The minimum atomic E-state index is -1.93. The van der Waals surface area contributed by atoms with E-state index in [-0.39, 0.29) is 0 Å². The summed E-state index contributed by atoms with van der Waals surface area (Å²) in [6, 6.07) is 14.5. The van der Waals surface area contributed by atoms with Crippen LogP contribution in [0.3, 0.4) is 0 Å². The van der Waals surface area contributed by atoms with Crippen molar-refractivity contribution in [1.82, 2.24) is 0 Å². The summed E-state index contributed by atoms with van der Waals surface area (Å²) in [4.78, 5) is 0. The SMILES string of the molecule is Cc1cccc(C(O)(O)c2cccc(C)c2)c1. The number of hydrogen-bond donors (Lipinski definition) is 2. The van der Waals surface area contributed by atoms with Gasteiger partial charge in [0.1, 0.15) is 0 Å². The molecule has 0 saturated heterocycles. The summed E-state index contributed by atoms with van der Waals surface area (Å²) in [5.74, 6) is -1.93. The van der Waals surface area contributed by atoms with Crippen LogP contribution in [-0.2, 0) is 5.79 Å². The van der Waals surface area contributed by atoms with E-state index in [0.717, 1.165) is 11.1 Å². The Morgan fingerprint density at radius 2 is 1.18 bits per heavy atom. The van der Waals surface area contributed by atoms with Crippen molar-refractivity contribution in [3.63, 3.8) is 0 Å². The van der Waals surface area contributed by atoms with Crippen LogP contribution in [0.1, 0.15) is 22.3 Å². The number of rotatable bonds is 2. The Balaban J connectivity index is 2.49. The molecule has 0 unspecified atom stereocenters. The van der Waals surface area contributed by atoms with E-state index in [1.54, 1.807) is 24.3 Å². The van der Waals surface area contributed by atoms with Gasteiger partial charge >= 0.3 is 0 Å². The molecule has 2 heteroatoms. The first-order valence-electron chi connectivity index (χ1n) is 5.59. The lowest BCUT2D eigenvalue weighted by atomic mass is 9.95. The molecule has 0 amide bonds. The fourth-order valence-electron chi connectivity index (χ4n) is 1.89. The Bertz CT molecular complexity index is 482. The first-order chi connectivity index (χ1) is 8.00. The summed E-state index contributed by atoms with van der Waals surface area (Å²) in [5.41, 5.74) is 2.98. The molecule has 0 spiro atoms. The predicted molar refractivity (Wildman–Crippen MR) is 67.6 cm³/mol. The third-order valence-electron chi connectivity index (χ3n) is 2.84. The van der Waals surface area contributed by atoms with Crippen molar-refractivity contribution < 1.29 is 10.2 Å². The van der Waals surface area contributed by atoms with E-state index < -0.39 is 5.79 Å². The predicted octanol–water partition coefficient (Wildman–Crippen LogP) is 2.49. The van der Waals surface area contributed by atoms with Gasteiger partial charge in [-0.3, -0.25) is 0 Å². The van der Waals surface area contributed by atoms with E-state index in [0.29, 0.717) is 11.1 Å². The molecule has 0 radical (unpaired) electrons. The molecule has 0 heterocycles. The van der Waals surface area contributed by atoms with Gasteiger partial charge in [0.15, 0.2) is 0 Å². The molecule has 0 aliphatic rings. The topological polar surface area (TPSA) is 40.5 Å². The molecule has 2 aromatic rings. The molecule has 0 aromatic heterocycles. The van der Waals surface area contributed by atoms with Crippen LogP contribution in [0.4, 0.5) is 0 Å². The lowest BCUT2D eigenvalue weighted by molar-refractivity contribution is -0.132. The summed E-state index contributed by atoms with van der Waals surface area (Å²) in [5, 5.41) is 20.5. The lowest BCUT2D eigenvalue weighted by Gasteiger charge is -2.23. The summed E-state index contributed by atoms with van der Waals surface area (Å²) in [6.07, 6.45) is 0. The van der Waals surface area contributed by atoms with Gasteiger partial charge in [0, 0.05) is 11.1 Å². The number of aryl methyl sites for hydroxylation is 2. The molecule has 0 atom stereocenters. The van der Waals surface area contributed by atoms with E-state index in [9.17, 15) is 10.2 Å². The van der Waals surface area contributed by atoms with Crippen molar-refractivity contribution in [2.45, 2.75) is 19.6 Å². The zero-order valence-corrected chi connectivity index (χ0v) is 10.0. The van der Waals surface area contributed by atoms with Crippen LogP contribution >= 0.6 is 0 Å². The van der Waals surface area contributed by atoms with E-state index in [2.05, 4.69) is 0 Å². The molecule has 88 valence electrons. The van der Waals surface area contributed by atoms with Crippen molar-refractivity contribution in [2.75, 3.05) is 0 Å². The second-order valence-corrected chi connectivity index (χ2v) is 4.41. The maximum atomic E-state index is 10.3. The van der Waals surface area contributed by atoms with Crippen LogP contribution in [0.2, 0.25) is 0 Å². The molecule has 0 bridgehead atoms. The van der Waals surface area contributed by atoms with Gasteiger partial charge in [-0.05, 0) is 13.8 Å². The molecule has 2 nitrogen and oxygen atoms in total. The third kappa shape index (κ3) is 2.38. The third-order valence-corrected chi connectivity index (χ3v) is 2.84. The van der Waals surface area contributed by atoms with E-state index in [1.165, 1.54) is 0 Å². The molecule has 0 aliphatic carbocycles. The van der Waals surface area contributed by atoms with Crippen LogP contribution in [0, 0.1) is 13.8 Å². The molecular formula is C15H16O2. The number of aliphatic hydroxyl groups is 2. The van der Waals surface area contributed by atoms with Gasteiger partial charge in [-0.2, -0.15) is 0 Å². The normalized spacial score (nSPS) is 11.5. The van der Waals surface area contributed by atoms with E-state index in [1.807, 2.05) is 38.1 Å². The highest BCUT2D eigenvalue weighted by molar-refractivity contribution is 5.36. The monoisotopic (exact) mass is 228 g/mol. The van der Waals surface area contributed by atoms with Crippen LogP contribution in [0.5, 0.6) is 0 Å². The maximum absolute atomic E-state index is 10.3. The van der Waals surface area contributed by atoms with Crippen LogP contribution in [-0.4, -0.2) is 10.2 Å². The fourth-order valence-corrected chi connectivity index (χ4v) is 1.89. The summed E-state index contributed by atoms with van der Waals surface area (Å²) in [7, 11) is 0. The van der Waals surface area contributed by atoms with Gasteiger partial charge in [0.2, 0.25) is 5.79 Å². The molecular weight excluding hydrogens is 212 g/mol. The molecule has 2 N–H and O–H groups in total. The second-order valence-electron chi connectivity index (χ2n) is 4.41. The molecule has 2 rings (SSSR count). The fraction of sp³-hybridized carbons (Fsp3) is 0.200. The van der Waals surface area contributed by atoms with Gasteiger partial charge in [0.25, 0.3) is 0 Å². The van der Waals surface area contributed by atoms with Crippen LogP contribution < -0.4 is 0 Å². The van der Waals surface area contributed by atoms with Crippen molar-refractivity contribution in [1.29, 1.82) is 0 Å². The highest BCUT2D eigenvalue weighted by Gasteiger charge is 2.28. The molecule has 17 heavy (non-hydrogen) atoms. The van der Waals surface area contributed by atoms with E-state index >= 15 is 0 Å². The highest BCUT2D eigenvalue weighted by atomic mass is 16.5. The van der Waals surface area contributed by atoms with Crippen LogP contribution in [0.25, 0.3) is 0 Å². The van der Waals surface area contributed by atoms with Gasteiger partial charge in [-0.1, -0.05) is 59.7 Å². The Kier molecular flexibility index (Phi) is 3.01. The van der Waals surface area contributed by atoms with Crippen molar-refractivity contribution in [3.05, 3.63) is 70.8 Å². The smallest absolute Gasteiger partial charge is 0.217 e. The number of hydrogen-bond acceptors (Lipinski definition) is 2. The van der Waals surface area contributed by atoms with Gasteiger partial charge in [-0.25, -0.2) is 0 Å². The van der Waals surface area contributed by atoms with Crippen LogP contribution in [0.15, 0.2) is 48.5 Å². The first-order valence-corrected chi connectivity index (χ1v) is 5.59. The Labute approximate surface area is 101 Å². The molecule has 0 fully saturated rings. The highest BCUT2D eigenvalue weighted by Crippen LogP contribution is 2.27. The van der Waals surface area contributed by atoms with Crippen molar-refractivity contribution in [3.8, 4) is 0 Å². The number of benzene rings is 2. The van der Waals surface area contributed by atoms with Gasteiger partial charge in [0.05, 0.1) is 0 Å². The largest absolute Gasteiger partial charge is 0.358 e. The summed E-state index contributed by atoms with van der Waals surface area (Å²) < 4.78 is 0. The zero-order chi connectivity index (χ0) is 12.5. The Morgan fingerprint density at radius 1 is 0.765 bits per heavy atom. The van der Waals surface area contributed by atoms with Crippen molar-refractivity contribution in [2.24, 2.45) is 0 Å². The quantitative estimate of drug-likeness (QED) is 0.775. The zero-order valence-electron chi connectivity index (χ0n) is 10.0. The average Bonchev–Trinajstić information content (AvgIpc) is 2.29. The van der Waals surface area contributed by atoms with Gasteiger partial charge in [-0.15, -0.1) is 0 Å². The minimum Gasteiger partial charge on any atom is -0.358 e. The maximum Gasteiger partial charge on any atom is 0.217 e. The van der Waals surface area contributed by atoms with Crippen molar-refractivity contribution >= 4 is 0 Å². The summed E-state index contributed by atoms with van der Waals surface area (Å²) >= 11 is 0. The molecule has 2 aromatic carbocycles. The summed E-state index contributed by atoms with van der Waals surface area (Å²) in [6.45, 7) is 3.85. The Morgan fingerprint density at radius 3 is 1.53 bits per heavy atom. The molecule has 0 aliphatic heterocycles. The lowest BCUT2D eigenvalue weighted by Crippen LogP contribution is -2.26. The average molecular weight is 228 g/mol. The second kappa shape index (κ2) is 4.32.